The van der Waals surface area contributed by atoms with Crippen molar-refractivity contribution < 1.29 is 4.79 Å². The van der Waals surface area contributed by atoms with Gasteiger partial charge in [0.2, 0.25) is 0 Å². The Labute approximate surface area is 63.0 Å². The van der Waals surface area contributed by atoms with E-state index in [2.05, 4.69) is 26.1 Å². The molecule has 0 saturated heterocycles. The molecule has 0 rings (SSSR count). The molecular formula is C8H16NO. The first-order valence-electron chi connectivity index (χ1n) is 3.66. The standard InChI is InChI=1S/C8H16NO/c1-8(2,3)5-4-6-9-7-10/h4-6H2,1-3H3,(H,9,10). The van der Waals surface area contributed by atoms with Gasteiger partial charge in [-0.25, -0.2) is 0 Å². The fraction of sp³-hybridized carbons (Fsp3) is 0.875. The van der Waals surface area contributed by atoms with Crippen molar-refractivity contribution in [2.24, 2.45) is 5.41 Å². The molecule has 59 valence electrons. The van der Waals surface area contributed by atoms with Crippen molar-refractivity contribution in [2.75, 3.05) is 6.54 Å². The lowest BCUT2D eigenvalue weighted by Gasteiger charge is -2.16. The molecule has 0 aromatic carbocycles. The molecule has 0 unspecified atom stereocenters. The first-order chi connectivity index (χ1) is 4.56. The third kappa shape index (κ3) is 7.47. The smallest absolute Gasteiger partial charge is 0.309 e. The largest absolute Gasteiger partial charge is 0.348 e. The molecule has 0 spiro atoms. The summed E-state index contributed by atoms with van der Waals surface area (Å²) in [6.07, 6.45) is 3.83. The summed E-state index contributed by atoms with van der Waals surface area (Å²) in [7, 11) is 0. The van der Waals surface area contributed by atoms with Crippen LogP contribution in [0.15, 0.2) is 0 Å². The number of amides is 1. The Bertz CT molecular complexity index is 93.9. The van der Waals surface area contributed by atoms with Crippen molar-refractivity contribution in [2.45, 2.75) is 33.6 Å². The molecule has 1 N–H and O–H groups in total. The highest BCUT2D eigenvalue weighted by molar-refractivity contribution is 5.46. The maximum absolute atomic E-state index is 9.69. The monoisotopic (exact) mass is 142 g/mol. The summed E-state index contributed by atoms with van der Waals surface area (Å²) in [5.74, 6) is 0. The van der Waals surface area contributed by atoms with Crippen molar-refractivity contribution in [1.29, 1.82) is 0 Å². The molecule has 0 aliphatic heterocycles. The molecule has 0 atom stereocenters. The van der Waals surface area contributed by atoms with Gasteiger partial charge in [-0.1, -0.05) is 20.8 Å². The van der Waals surface area contributed by atoms with Gasteiger partial charge in [0, 0.05) is 6.54 Å². The van der Waals surface area contributed by atoms with Crippen molar-refractivity contribution in [1.82, 2.24) is 5.32 Å². The molecular weight excluding hydrogens is 126 g/mol. The molecule has 1 amide bonds. The number of hydrogen-bond acceptors (Lipinski definition) is 1. The van der Waals surface area contributed by atoms with Crippen molar-refractivity contribution in [3.63, 3.8) is 0 Å². The average Bonchev–Trinajstić information content (AvgIpc) is 1.78. The fourth-order valence-corrected chi connectivity index (χ4v) is 0.758. The third-order valence-corrected chi connectivity index (χ3v) is 1.30. The number of carbonyl (C=O) groups excluding carboxylic acids is 1. The van der Waals surface area contributed by atoms with Gasteiger partial charge in [-0.05, 0) is 18.3 Å². The normalized spacial score (nSPS) is 11.1. The second-order valence-electron chi connectivity index (χ2n) is 3.69. The van der Waals surface area contributed by atoms with E-state index >= 15 is 0 Å². The second-order valence-corrected chi connectivity index (χ2v) is 3.69. The van der Waals surface area contributed by atoms with E-state index in [4.69, 9.17) is 0 Å². The highest BCUT2D eigenvalue weighted by Gasteiger charge is 2.08. The molecule has 0 aromatic heterocycles. The predicted octanol–water partition coefficient (Wildman–Crippen LogP) is 1.47. The van der Waals surface area contributed by atoms with Gasteiger partial charge in [0.05, 0.1) is 0 Å². The van der Waals surface area contributed by atoms with E-state index in [0.29, 0.717) is 5.41 Å². The fourth-order valence-electron chi connectivity index (χ4n) is 0.758. The molecule has 10 heavy (non-hydrogen) atoms. The Hall–Kier alpha value is -0.530. The summed E-state index contributed by atoms with van der Waals surface area (Å²) in [4.78, 5) is 9.69. The molecule has 2 heteroatoms. The van der Waals surface area contributed by atoms with Crippen LogP contribution in [-0.4, -0.2) is 13.0 Å². The number of hydrogen-bond donors (Lipinski definition) is 1. The van der Waals surface area contributed by atoms with Crippen LogP contribution in [0.25, 0.3) is 0 Å². The zero-order chi connectivity index (χ0) is 8.04. The molecule has 0 fully saturated rings. The summed E-state index contributed by atoms with van der Waals surface area (Å²) >= 11 is 0. The minimum atomic E-state index is 0.380. The van der Waals surface area contributed by atoms with E-state index in [1.165, 1.54) is 0 Å². The molecule has 0 bridgehead atoms. The van der Waals surface area contributed by atoms with E-state index in [1.807, 2.05) is 0 Å². The van der Waals surface area contributed by atoms with Crippen LogP contribution in [0.1, 0.15) is 33.6 Å². The summed E-state index contributed by atoms with van der Waals surface area (Å²) in [6, 6.07) is 0. The molecule has 0 heterocycles. The van der Waals surface area contributed by atoms with Crippen LogP contribution < -0.4 is 5.32 Å². The van der Waals surface area contributed by atoms with Crippen molar-refractivity contribution in [3.8, 4) is 0 Å². The molecule has 2 nitrogen and oxygen atoms in total. The van der Waals surface area contributed by atoms with E-state index in [1.54, 1.807) is 6.41 Å². The Morgan fingerprint density at radius 3 is 2.40 bits per heavy atom. The summed E-state index contributed by atoms with van der Waals surface area (Å²) in [5, 5.41) is 2.52. The van der Waals surface area contributed by atoms with Gasteiger partial charge in [0.1, 0.15) is 0 Å². The summed E-state index contributed by atoms with van der Waals surface area (Å²) < 4.78 is 0. The summed E-state index contributed by atoms with van der Waals surface area (Å²) in [5.41, 5.74) is 0.380. The van der Waals surface area contributed by atoms with Crippen molar-refractivity contribution in [3.05, 3.63) is 0 Å². The van der Waals surface area contributed by atoms with Crippen LogP contribution in [0.2, 0.25) is 0 Å². The minimum absolute atomic E-state index is 0.380. The first-order valence-corrected chi connectivity index (χ1v) is 3.66. The number of rotatable bonds is 4. The first kappa shape index (κ1) is 9.47. The maximum atomic E-state index is 9.69. The molecule has 0 saturated carbocycles. The maximum Gasteiger partial charge on any atom is 0.309 e. The topological polar surface area (TPSA) is 29.1 Å². The van der Waals surface area contributed by atoms with Crippen LogP contribution in [-0.2, 0) is 4.79 Å². The SMILES string of the molecule is CC(C)(C)CCCN[C]=O. The quantitative estimate of drug-likeness (QED) is 0.467. The van der Waals surface area contributed by atoms with E-state index in [-0.39, 0.29) is 0 Å². The zero-order valence-corrected chi connectivity index (χ0v) is 7.03. The van der Waals surface area contributed by atoms with Crippen LogP contribution in [0, 0.1) is 5.41 Å². The second kappa shape index (κ2) is 4.31. The van der Waals surface area contributed by atoms with Gasteiger partial charge in [-0.3, -0.25) is 4.79 Å². The van der Waals surface area contributed by atoms with E-state index in [0.717, 1.165) is 19.4 Å². The molecule has 0 aromatic rings. The lowest BCUT2D eigenvalue weighted by atomic mass is 9.91. The van der Waals surface area contributed by atoms with Crippen molar-refractivity contribution >= 4 is 6.41 Å². The van der Waals surface area contributed by atoms with Crippen LogP contribution >= 0.6 is 0 Å². The lowest BCUT2D eigenvalue weighted by Crippen LogP contribution is -2.15. The summed E-state index contributed by atoms with van der Waals surface area (Å²) in [6.45, 7) is 7.33. The Morgan fingerprint density at radius 1 is 1.40 bits per heavy atom. The highest BCUT2D eigenvalue weighted by Crippen LogP contribution is 2.19. The van der Waals surface area contributed by atoms with Crippen LogP contribution in [0.5, 0.6) is 0 Å². The van der Waals surface area contributed by atoms with E-state index < -0.39 is 0 Å². The van der Waals surface area contributed by atoms with Gasteiger partial charge in [0.15, 0.2) is 0 Å². The van der Waals surface area contributed by atoms with Crippen LogP contribution in [0.4, 0.5) is 0 Å². The number of nitrogens with one attached hydrogen (secondary N) is 1. The van der Waals surface area contributed by atoms with Gasteiger partial charge in [0.25, 0.3) is 0 Å². The van der Waals surface area contributed by atoms with E-state index in [9.17, 15) is 4.79 Å². The lowest BCUT2D eigenvalue weighted by molar-refractivity contribution is 0.365. The molecule has 1 radical (unpaired) electrons. The molecule has 0 aliphatic carbocycles. The van der Waals surface area contributed by atoms with Crippen LogP contribution in [0.3, 0.4) is 0 Å². The molecule has 0 aliphatic rings. The van der Waals surface area contributed by atoms with Gasteiger partial charge in [-0.2, -0.15) is 0 Å². The van der Waals surface area contributed by atoms with Gasteiger partial charge >= 0.3 is 6.41 Å². The predicted molar refractivity (Wildman–Crippen MR) is 42.4 cm³/mol. The zero-order valence-electron chi connectivity index (χ0n) is 7.03. The average molecular weight is 142 g/mol. The Kier molecular flexibility index (Phi) is 4.08. The minimum Gasteiger partial charge on any atom is -0.348 e. The Morgan fingerprint density at radius 2 is 2.00 bits per heavy atom. The van der Waals surface area contributed by atoms with Gasteiger partial charge in [-0.15, -0.1) is 0 Å². The highest BCUT2D eigenvalue weighted by atomic mass is 16.1. The Balaban J connectivity index is 3.12. The third-order valence-electron chi connectivity index (χ3n) is 1.30. The van der Waals surface area contributed by atoms with Gasteiger partial charge < -0.3 is 5.32 Å².